The van der Waals surface area contributed by atoms with E-state index in [1.807, 2.05) is 0 Å². The lowest BCUT2D eigenvalue weighted by molar-refractivity contribution is -0.152. The molecular formula is C17H28O6. The number of aliphatic hydroxyl groups is 1. The lowest BCUT2D eigenvalue weighted by Gasteiger charge is -2.18. The molecule has 2 heterocycles. The van der Waals surface area contributed by atoms with Crippen molar-refractivity contribution in [1.29, 1.82) is 0 Å². The third-order valence-corrected chi connectivity index (χ3v) is 4.46. The fourth-order valence-corrected chi connectivity index (χ4v) is 3.04. The molecule has 2 saturated heterocycles. The average molecular weight is 328 g/mol. The van der Waals surface area contributed by atoms with Crippen molar-refractivity contribution in [1.82, 2.24) is 0 Å². The first-order valence-corrected chi connectivity index (χ1v) is 8.83. The highest BCUT2D eigenvalue weighted by Gasteiger charge is 2.49. The van der Waals surface area contributed by atoms with Crippen molar-refractivity contribution in [2.24, 2.45) is 0 Å². The Morgan fingerprint density at radius 3 is 2.30 bits per heavy atom. The number of carbonyl (C=O) groups excluding carboxylic acids is 2. The predicted molar refractivity (Wildman–Crippen MR) is 82.7 cm³/mol. The first-order valence-electron chi connectivity index (χ1n) is 8.83. The molecule has 2 aliphatic heterocycles. The molecule has 0 aromatic rings. The Bertz CT molecular complexity index is 397. The second-order valence-corrected chi connectivity index (χ2v) is 6.38. The Morgan fingerprint density at radius 1 is 1.04 bits per heavy atom. The first kappa shape index (κ1) is 18.4. The largest absolute Gasteiger partial charge is 0.450 e. The number of ketones is 1. The van der Waals surface area contributed by atoms with Crippen LogP contribution in [0, 0.1) is 0 Å². The van der Waals surface area contributed by atoms with Crippen molar-refractivity contribution in [3.63, 3.8) is 0 Å². The van der Waals surface area contributed by atoms with Gasteiger partial charge in [0.2, 0.25) is 0 Å². The van der Waals surface area contributed by atoms with Gasteiger partial charge in [-0.15, -0.1) is 0 Å². The number of aliphatic hydroxyl groups excluding tert-OH is 1. The van der Waals surface area contributed by atoms with Crippen LogP contribution in [0.2, 0.25) is 0 Å². The summed E-state index contributed by atoms with van der Waals surface area (Å²) >= 11 is 0. The van der Waals surface area contributed by atoms with E-state index in [0.29, 0.717) is 0 Å². The summed E-state index contributed by atoms with van der Waals surface area (Å²) in [5.74, 6) is -1.89. The van der Waals surface area contributed by atoms with Gasteiger partial charge in [-0.1, -0.05) is 51.9 Å². The summed E-state index contributed by atoms with van der Waals surface area (Å²) in [6.07, 6.45) is 7.46. The normalized spacial score (nSPS) is 30.9. The Kier molecular flexibility index (Phi) is 7.46. The van der Waals surface area contributed by atoms with Crippen LogP contribution in [0.25, 0.3) is 0 Å². The number of carbonyl (C=O) groups is 2. The summed E-state index contributed by atoms with van der Waals surface area (Å²) < 4.78 is 16.0. The minimum absolute atomic E-state index is 0.240. The molecule has 2 rings (SSSR count). The molecule has 2 fully saturated rings. The number of hydrogen-bond donors (Lipinski definition) is 1. The molecule has 2 aliphatic rings. The fourth-order valence-electron chi connectivity index (χ4n) is 3.04. The first-order chi connectivity index (χ1) is 11.1. The molecule has 0 aromatic carbocycles. The second kappa shape index (κ2) is 9.35. The highest BCUT2D eigenvalue weighted by atomic mass is 16.7. The van der Waals surface area contributed by atoms with Crippen LogP contribution < -0.4 is 0 Å². The average Bonchev–Trinajstić information content (AvgIpc) is 3.10. The third-order valence-electron chi connectivity index (χ3n) is 4.46. The van der Waals surface area contributed by atoms with Gasteiger partial charge < -0.3 is 19.3 Å². The number of unbranched alkanes of at least 4 members (excludes halogenated alkanes) is 7. The maximum atomic E-state index is 11.3. The van der Waals surface area contributed by atoms with E-state index in [0.717, 1.165) is 19.3 Å². The molecule has 6 heteroatoms. The number of ether oxygens (including phenoxy) is 3. The van der Waals surface area contributed by atoms with Gasteiger partial charge in [0.1, 0.15) is 6.10 Å². The predicted octanol–water partition coefficient (Wildman–Crippen LogP) is 2.11. The summed E-state index contributed by atoms with van der Waals surface area (Å²) in [4.78, 5) is 22.4. The van der Waals surface area contributed by atoms with Gasteiger partial charge in [-0.05, 0) is 12.8 Å². The van der Waals surface area contributed by atoms with Crippen molar-refractivity contribution in [3.05, 3.63) is 0 Å². The van der Waals surface area contributed by atoms with Crippen LogP contribution in [0.1, 0.15) is 64.7 Å². The Hall–Kier alpha value is -0.980. The van der Waals surface area contributed by atoms with E-state index in [9.17, 15) is 14.7 Å². The van der Waals surface area contributed by atoms with Gasteiger partial charge in [0.15, 0.2) is 18.5 Å². The molecule has 6 nitrogen and oxygen atoms in total. The molecule has 132 valence electrons. The SMILES string of the molecule is CCCCCCCCCCC1OC[C@@H]([C@H]2OC(=O)C(=O)C2O)O1. The number of rotatable bonds is 10. The monoisotopic (exact) mass is 328 g/mol. The van der Waals surface area contributed by atoms with Gasteiger partial charge in [0, 0.05) is 0 Å². The van der Waals surface area contributed by atoms with Gasteiger partial charge in [-0.2, -0.15) is 0 Å². The molecule has 0 aliphatic carbocycles. The lowest BCUT2D eigenvalue weighted by atomic mass is 10.1. The van der Waals surface area contributed by atoms with Gasteiger partial charge in [0.25, 0.3) is 5.78 Å². The minimum Gasteiger partial charge on any atom is -0.450 e. The van der Waals surface area contributed by atoms with Crippen LogP contribution in [0.3, 0.4) is 0 Å². The van der Waals surface area contributed by atoms with Crippen LogP contribution in [0.5, 0.6) is 0 Å². The number of cyclic esters (lactones) is 1. The molecule has 1 N–H and O–H groups in total. The maximum Gasteiger partial charge on any atom is 0.378 e. The van der Waals surface area contributed by atoms with Crippen molar-refractivity contribution >= 4 is 11.8 Å². The number of hydrogen-bond acceptors (Lipinski definition) is 6. The number of esters is 1. The van der Waals surface area contributed by atoms with Crippen LogP contribution >= 0.6 is 0 Å². The molecular weight excluding hydrogens is 300 g/mol. The summed E-state index contributed by atoms with van der Waals surface area (Å²) in [6, 6.07) is 0. The lowest BCUT2D eigenvalue weighted by Crippen LogP contribution is -2.38. The van der Waals surface area contributed by atoms with E-state index < -0.39 is 30.1 Å². The quantitative estimate of drug-likeness (QED) is 0.376. The maximum absolute atomic E-state index is 11.3. The molecule has 0 aromatic heterocycles. The second-order valence-electron chi connectivity index (χ2n) is 6.38. The van der Waals surface area contributed by atoms with Crippen molar-refractivity contribution < 1.29 is 28.9 Å². The Labute approximate surface area is 137 Å². The summed E-state index contributed by atoms with van der Waals surface area (Å²) in [7, 11) is 0. The molecule has 0 saturated carbocycles. The van der Waals surface area contributed by atoms with E-state index in [1.54, 1.807) is 0 Å². The summed E-state index contributed by atoms with van der Waals surface area (Å²) in [6.45, 7) is 2.46. The summed E-state index contributed by atoms with van der Waals surface area (Å²) in [5.41, 5.74) is 0. The van der Waals surface area contributed by atoms with E-state index in [-0.39, 0.29) is 12.9 Å². The van der Waals surface area contributed by atoms with Crippen LogP contribution in [0.4, 0.5) is 0 Å². The standard InChI is InChI=1S/C17H28O6/c1-2-3-4-5-6-7-8-9-10-13-21-11-12(22-13)16-14(18)15(19)17(20)23-16/h12-14,16,18H,2-11H2,1H3/t12-,13?,14?,16+/m0/s1. The Balaban J connectivity index is 1.56. The third kappa shape index (κ3) is 5.26. The van der Waals surface area contributed by atoms with Gasteiger partial charge in [0.05, 0.1) is 6.61 Å². The van der Waals surface area contributed by atoms with Crippen molar-refractivity contribution in [2.45, 2.75) is 89.3 Å². The molecule has 0 bridgehead atoms. The molecule has 23 heavy (non-hydrogen) atoms. The fraction of sp³-hybridized carbons (Fsp3) is 0.882. The zero-order chi connectivity index (χ0) is 16.7. The number of Topliss-reactive ketones (excluding diaryl/α,β-unsaturated/α-hetero) is 1. The molecule has 4 atom stereocenters. The van der Waals surface area contributed by atoms with Crippen LogP contribution in [-0.2, 0) is 23.8 Å². The molecule has 0 spiro atoms. The van der Waals surface area contributed by atoms with E-state index >= 15 is 0 Å². The smallest absolute Gasteiger partial charge is 0.378 e. The highest BCUT2D eigenvalue weighted by Crippen LogP contribution is 2.26. The van der Waals surface area contributed by atoms with Crippen molar-refractivity contribution in [3.8, 4) is 0 Å². The minimum atomic E-state index is -1.43. The molecule has 0 radical (unpaired) electrons. The van der Waals surface area contributed by atoms with Crippen LogP contribution in [-0.4, -0.2) is 48.1 Å². The van der Waals surface area contributed by atoms with Gasteiger partial charge >= 0.3 is 5.97 Å². The van der Waals surface area contributed by atoms with Crippen LogP contribution in [0.15, 0.2) is 0 Å². The molecule has 2 unspecified atom stereocenters. The van der Waals surface area contributed by atoms with Gasteiger partial charge in [-0.3, -0.25) is 4.79 Å². The Morgan fingerprint density at radius 2 is 1.70 bits per heavy atom. The topological polar surface area (TPSA) is 82.1 Å². The highest BCUT2D eigenvalue weighted by molar-refractivity contribution is 6.37. The van der Waals surface area contributed by atoms with E-state index in [4.69, 9.17) is 14.2 Å². The summed E-state index contributed by atoms with van der Waals surface area (Å²) in [5, 5.41) is 9.68. The molecule has 0 amide bonds. The van der Waals surface area contributed by atoms with Gasteiger partial charge in [-0.25, -0.2) is 4.79 Å². The van der Waals surface area contributed by atoms with E-state index in [2.05, 4.69) is 6.92 Å². The zero-order valence-corrected chi connectivity index (χ0v) is 13.9. The van der Waals surface area contributed by atoms with Crippen molar-refractivity contribution in [2.75, 3.05) is 6.61 Å². The zero-order valence-electron chi connectivity index (χ0n) is 13.9. The van der Waals surface area contributed by atoms with E-state index in [1.165, 1.54) is 38.5 Å².